The molecule has 1 aromatic heterocycles. The maximum absolute atomic E-state index is 12.0. The number of benzene rings is 1. The number of carbonyl (C=O) groups is 2. The molecule has 88 valence electrons. The monoisotopic (exact) mass is 238 g/mol. The van der Waals surface area contributed by atoms with Crippen LogP contribution in [0.2, 0.25) is 0 Å². The Balaban J connectivity index is 2.18. The fourth-order valence-corrected chi connectivity index (χ4v) is 2.19. The van der Waals surface area contributed by atoms with Crippen LogP contribution >= 0.6 is 0 Å². The van der Waals surface area contributed by atoms with E-state index in [0.29, 0.717) is 16.8 Å². The van der Waals surface area contributed by atoms with Crippen molar-refractivity contribution in [3.05, 3.63) is 65.5 Å². The molecule has 0 saturated carbocycles. The Labute approximate surface area is 104 Å². The predicted molar refractivity (Wildman–Crippen MR) is 65.0 cm³/mol. The van der Waals surface area contributed by atoms with Crippen molar-refractivity contribution in [1.82, 2.24) is 10.3 Å². The maximum atomic E-state index is 12.0. The third-order valence-corrected chi connectivity index (χ3v) is 3.00. The highest BCUT2D eigenvalue weighted by molar-refractivity contribution is 6.12. The van der Waals surface area contributed by atoms with Gasteiger partial charge in [0.2, 0.25) is 5.91 Å². The average molecular weight is 238 g/mol. The van der Waals surface area contributed by atoms with Crippen molar-refractivity contribution in [1.29, 1.82) is 0 Å². The molecule has 0 spiro atoms. The third kappa shape index (κ3) is 1.59. The van der Waals surface area contributed by atoms with Crippen LogP contribution < -0.4 is 5.32 Å². The van der Waals surface area contributed by atoms with Gasteiger partial charge in [-0.05, 0) is 23.8 Å². The molecule has 1 aliphatic heterocycles. The van der Waals surface area contributed by atoms with Gasteiger partial charge in [0.25, 0.3) is 5.91 Å². The largest absolute Gasteiger partial charge is 0.291 e. The van der Waals surface area contributed by atoms with Gasteiger partial charge in [-0.15, -0.1) is 0 Å². The normalized spacial score (nSPS) is 18.1. The van der Waals surface area contributed by atoms with Gasteiger partial charge in [-0.25, -0.2) is 0 Å². The van der Waals surface area contributed by atoms with Gasteiger partial charge in [-0.3, -0.25) is 19.9 Å². The molecule has 0 saturated heterocycles. The molecule has 0 radical (unpaired) electrons. The van der Waals surface area contributed by atoms with E-state index >= 15 is 0 Å². The lowest BCUT2D eigenvalue weighted by atomic mass is 9.87. The van der Waals surface area contributed by atoms with Gasteiger partial charge in [-0.1, -0.05) is 24.3 Å². The average Bonchev–Trinajstić information content (AvgIpc) is 2.40. The van der Waals surface area contributed by atoms with Gasteiger partial charge in [-0.2, -0.15) is 0 Å². The number of hydrogen-bond donors (Lipinski definition) is 1. The molecule has 1 atom stereocenters. The molecule has 4 nitrogen and oxygen atoms in total. The van der Waals surface area contributed by atoms with E-state index in [1.165, 1.54) is 0 Å². The molecule has 0 bridgehead atoms. The van der Waals surface area contributed by atoms with E-state index in [-0.39, 0.29) is 11.8 Å². The summed E-state index contributed by atoms with van der Waals surface area (Å²) in [5, 5.41) is 2.37. The minimum Gasteiger partial charge on any atom is -0.291 e. The van der Waals surface area contributed by atoms with Gasteiger partial charge in [0.05, 0.1) is 5.69 Å². The molecule has 4 heteroatoms. The molecule has 2 aromatic rings. The number of fused-ring (bicyclic) bond motifs is 1. The Morgan fingerprint density at radius 2 is 1.78 bits per heavy atom. The van der Waals surface area contributed by atoms with Crippen molar-refractivity contribution in [2.45, 2.75) is 5.92 Å². The molecule has 1 aliphatic rings. The molecular formula is C14H10N2O2. The summed E-state index contributed by atoms with van der Waals surface area (Å²) in [6.07, 6.45) is 1.64. The number of aromatic nitrogens is 1. The zero-order chi connectivity index (χ0) is 12.5. The zero-order valence-corrected chi connectivity index (χ0v) is 9.46. The van der Waals surface area contributed by atoms with E-state index in [9.17, 15) is 9.59 Å². The third-order valence-electron chi connectivity index (χ3n) is 3.00. The standard InChI is InChI=1S/C14H10N2O2/c17-13-10-6-2-1-5-9(10)12(14(18)16-13)11-7-3-4-8-15-11/h1-8,12H,(H,16,17,18). The van der Waals surface area contributed by atoms with Crippen LogP contribution in [0.5, 0.6) is 0 Å². The number of nitrogens with zero attached hydrogens (tertiary/aromatic N) is 1. The number of carbonyl (C=O) groups excluding carboxylic acids is 2. The summed E-state index contributed by atoms with van der Waals surface area (Å²) in [7, 11) is 0. The molecule has 2 heterocycles. The van der Waals surface area contributed by atoms with Crippen LogP contribution in [-0.2, 0) is 4.79 Å². The summed E-state index contributed by atoms with van der Waals surface area (Å²) in [5.41, 5.74) is 1.90. The first-order chi connectivity index (χ1) is 8.77. The summed E-state index contributed by atoms with van der Waals surface area (Å²) >= 11 is 0. The number of imide groups is 1. The van der Waals surface area contributed by atoms with Crippen molar-refractivity contribution in [3.63, 3.8) is 0 Å². The highest BCUT2D eigenvalue weighted by Crippen LogP contribution is 2.29. The smallest absolute Gasteiger partial charge is 0.258 e. The molecule has 0 aliphatic carbocycles. The zero-order valence-electron chi connectivity index (χ0n) is 9.46. The summed E-state index contributed by atoms with van der Waals surface area (Å²) < 4.78 is 0. The molecule has 1 unspecified atom stereocenters. The number of nitrogens with one attached hydrogen (secondary N) is 1. The fraction of sp³-hybridized carbons (Fsp3) is 0.0714. The second kappa shape index (κ2) is 4.07. The summed E-state index contributed by atoms with van der Waals surface area (Å²) in [6.45, 7) is 0. The fourth-order valence-electron chi connectivity index (χ4n) is 2.19. The Morgan fingerprint density at radius 1 is 1.00 bits per heavy atom. The Kier molecular flexibility index (Phi) is 2.41. The van der Waals surface area contributed by atoms with E-state index in [0.717, 1.165) is 0 Å². The van der Waals surface area contributed by atoms with Crippen LogP contribution in [0.1, 0.15) is 27.5 Å². The lowest BCUT2D eigenvalue weighted by molar-refractivity contribution is -0.121. The minimum atomic E-state index is -0.514. The van der Waals surface area contributed by atoms with Crippen LogP contribution in [0.25, 0.3) is 0 Å². The SMILES string of the molecule is O=C1NC(=O)C(c2ccccn2)c2ccccc21. The van der Waals surface area contributed by atoms with E-state index in [1.807, 2.05) is 12.1 Å². The van der Waals surface area contributed by atoms with E-state index in [2.05, 4.69) is 10.3 Å². The first kappa shape index (κ1) is 10.7. The van der Waals surface area contributed by atoms with E-state index in [4.69, 9.17) is 0 Å². The summed E-state index contributed by atoms with van der Waals surface area (Å²) in [5.74, 6) is -1.18. The van der Waals surface area contributed by atoms with Crippen molar-refractivity contribution in [2.24, 2.45) is 0 Å². The minimum absolute atomic E-state index is 0.322. The van der Waals surface area contributed by atoms with Crippen molar-refractivity contribution in [3.8, 4) is 0 Å². The summed E-state index contributed by atoms with van der Waals surface area (Å²) in [4.78, 5) is 27.9. The van der Waals surface area contributed by atoms with Gasteiger partial charge in [0.1, 0.15) is 5.92 Å². The molecule has 3 rings (SSSR count). The molecule has 1 aromatic carbocycles. The van der Waals surface area contributed by atoms with E-state index in [1.54, 1.807) is 36.5 Å². The first-order valence-corrected chi connectivity index (χ1v) is 5.62. The molecule has 2 amide bonds. The lowest BCUT2D eigenvalue weighted by Crippen LogP contribution is -2.41. The molecular weight excluding hydrogens is 228 g/mol. The highest BCUT2D eigenvalue weighted by Gasteiger charge is 2.33. The van der Waals surface area contributed by atoms with Crippen molar-refractivity contribution < 1.29 is 9.59 Å². The second-order valence-electron chi connectivity index (χ2n) is 4.09. The van der Waals surface area contributed by atoms with Crippen LogP contribution in [0, 0.1) is 0 Å². The van der Waals surface area contributed by atoms with Gasteiger partial charge in [0.15, 0.2) is 0 Å². The maximum Gasteiger partial charge on any atom is 0.258 e. The summed E-state index contributed by atoms with van der Waals surface area (Å²) in [6, 6.07) is 12.5. The quantitative estimate of drug-likeness (QED) is 0.765. The number of amides is 2. The van der Waals surface area contributed by atoms with Crippen molar-refractivity contribution in [2.75, 3.05) is 0 Å². The Bertz CT molecular complexity index is 623. The van der Waals surface area contributed by atoms with Gasteiger partial charge >= 0.3 is 0 Å². The highest BCUT2D eigenvalue weighted by atomic mass is 16.2. The number of rotatable bonds is 1. The van der Waals surface area contributed by atoms with Gasteiger partial charge in [0, 0.05) is 11.8 Å². The first-order valence-electron chi connectivity index (χ1n) is 5.62. The predicted octanol–water partition coefficient (Wildman–Crippen LogP) is 1.48. The van der Waals surface area contributed by atoms with Crippen molar-refractivity contribution >= 4 is 11.8 Å². The second-order valence-corrected chi connectivity index (χ2v) is 4.09. The van der Waals surface area contributed by atoms with Crippen LogP contribution in [0.4, 0.5) is 0 Å². The number of hydrogen-bond acceptors (Lipinski definition) is 3. The van der Waals surface area contributed by atoms with Gasteiger partial charge < -0.3 is 0 Å². The molecule has 0 fully saturated rings. The topological polar surface area (TPSA) is 59.1 Å². The molecule has 1 N–H and O–H groups in total. The Morgan fingerprint density at radius 3 is 2.56 bits per heavy atom. The van der Waals surface area contributed by atoms with Crippen LogP contribution in [-0.4, -0.2) is 16.8 Å². The molecule has 18 heavy (non-hydrogen) atoms. The lowest BCUT2D eigenvalue weighted by Gasteiger charge is -2.23. The number of pyridine rings is 1. The Hall–Kier alpha value is -2.49. The van der Waals surface area contributed by atoms with E-state index < -0.39 is 5.92 Å². The van der Waals surface area contributed by atoms with Crippen LogP contribution in [0.3, 0.4) is 0 Å². The van der Waals surface area contributed by atoms with Crippen LogP contribution in [0.15, 0.2) is 48.7 Å².